The van der Waals surface area contributed by atoms with Gasteiger partial charge in [-0.25, -0.2) is 0 Å². The topological polar surface area (TPSA) is 42.1 Å². The summed E-state index contributed by atoms with van der Waals surface area (Å²) in [7, 11) is 0. The van der Waals surface area contributed by atoms with Crippen molar-refractivity contribution < 1.29 is 0 Å². The fraction of sp³-hybridized carbons (Fsp3) is 0.400. The fourth-order valence-corrected chi connectivity index (χ4v) is 1.91. The average molecular weight is 288 g/mol. The van der Waals surface area contributed by atoms with Crippen LogP contribution in [0.25, 0.3) is 0 Å². The van der Waals surface area contributed by atoms with Crippen molar-refractivity contribution >= 4 is 38.8 Å². The van der Waals surface area contributed by atoms with Gasteiger partial charge in [0.2, 0.25) is 0 Å². The first-order chi connectivity index (χ1) is 7.15. The van der Waals surface area contributed by atoms with E-state index < -0.39 is 0 Å². The molecule has 0 fully saturated rings. The van der Waals surface area contributed by atoms with E-state index in [0.29, 0.717) is 4.99 Å². The Kier molecular flexibility index (Phi) is 4.98. The lowest BCUT2D eigenvalue weighted by molar-refractivity contribution is 0.833. The summed E-state index contributed by atoms with van der Waals surface area (Å²) >= 11 is 8.35. The molecular weight excluding hydrogens is 274 g/mol. The molecule has 2 N–H and O–H groups in total. The van der Waals surface area contributed by atoms with Gasteiger partial charge in [-0.05, 0) is 28.9 Å². The predicted molar refractivity (Wildman–Crippen MR) is 71.2 cm³/mol. The van der Waals surface area contributed by atoms with E-state index in [9.17, 15) is 0 Å². The smallest absolute Gasteiger partial charge is 0.0745 e. The Bertz CT molecular complexity index is 343. The first kappa shape index (κ1) is 12.4. The van der Waals surface area contributed by atoms with Crippen LogP contribution in [0.1, 0.15) is 13.3 Å². The van der Waals surface area contributed by atoms with Gasteiger partial charge in [0.15, 0.2) is 0 Å². The number of pyridine rings is 1. The van der Waals surface area contributed by atoms with Crippen molar-refractivity contribution in [1.29, 1.82) is 0 Å². The van der Waals surface area contributed by atoms with Crippen LogP contribution in [0.3, 0.4) is 0 Å². The minimum absolute atomic E-state index is 0.554. The van der Waals surface area contributed by atoms with E-state index in [0.717, 1.165) is 29.7 Å². The van der Waals surface area contributed by atoms with Gasteiger partial charge in [0, 0.05) is 31.9 Å². The second-order valence-corrected chi connectivity index (χ2v) is 4.50. The number of nitrogens with two attached hydrogens (primary N) is 1. The van der Waals surface area contributed by atoms with Gasteiger partial charge in [0.25, 0.3) is 0 Å². The van der Waals surface area contributed by atoms with Crippen LogP contribution in [0.15, 0.2) is 22.9 Å². The molecule has 0 aliphatic rings. The minimum atomic E-state index is 0.554. The summed E-state index contributed by atoms with van der Waals surface area (Å²) in [5.41, 5.74) is 6.62. The van der Waals surface area contributed by atoms with E-state index in [1.165, 1.54) is 0 Å². The summed E-state index contributed by atoms with van der Waals surface area (Å²) < 4.78 is 0.995. The third-order valence-electron chi connectivity index (χ3n) is 2.10. The van der Waals surface area contributed by atoms with Gasteiger partial charge in [0.1, 0.15) is 0 Å². The van der Waals surface area contributed by atoms with Crippen molar-refractivity contribution in [2.45, 2.75) is 13.3 Å². The number of anilines is 1. The number of aromatic nitrogens is 1. The van der Waals surface area contributed by atoms with Gasteiger partial charge in [-0.2, -0.15) is 0 Å². The van der Waals surface area contributed by atoms with Crippen LogP contribution in [0.2, 0.25) is 0 Å². The van der Waals surface area contributed by atoms with Crippen molar-refractivity contribution in [1.82, 2.24) is 4.98 Å². The molecule has 1 aromatic heterocycles. The highest BCUT2D eigenvalue weighted by atomic mass is 79.9. The van der Waals surface area contributed by atoms with Gasteiger partial charge in [0.05, 0.1) is 15.1 Å². The standard InChI is InChI=1S/C10H14BrN3S/c1-2-14(6-4-10(12)15)9-3-5-13-7-8(9)11/h3,5,7H,2,4,6H2,1H3,(H2,12,15). The van der Waals surface area contributed by atoms with Crippen molar-refractivity contribution in [3.63, 3.8) is 0 Å². The monoisotopic (exact) mass is 287 g/mol. The fourth-order valence-electron chi connectivity index (χ4n) is 1.32. The molecule has 0 aliphatic heterocycles. The van der Waals surface area contributed by atoms with Crippen LogP contribution >= 0.6 is 28.1 Å². The lowest BCUT2D eigenvalue weighted by atomic mass is 10.3. The molecule has 0 unspecified atom stereocenters. The van der Waals surface area contributed by atoms with Crippen LogP contribution in [0.4, 0.5) is 5.69 Å². The number of hydrogen-bond donors (Lipinski definition) is 1. The molecule has 1 heterocycles. The second-order valence-electron chi connectivity index (χ2n) is 3.12. The second kappa shape index (κ2) is 6.02. The van der Waals surface area contributed by atoms with Crippen molar-refractivity contribution in [3.8, 4) is 0 Å². The first-order valence-electron chi connectivity index (χ1n) is 4.78. The highest BCUT2D eigenvalue weighted by Gasteiger charge is 2.07. The molecular formula is C10H14BrN3S. The Morgan fingerprint density at radius 3 is 2.93 bits per heavy atom. The first-order valence-corrected chi connectivity index (χ1v) is 5.98. The maximum absolute atomic E-state index is 5.49. The summed E-state index contributed by atoms with van der Waals surface area (Å²) in [6.45, 7) is 3.87. The number of thiocarbonyl (C=S) groups is 1. The van der Waals surface area contributed by atoms with E-state index in [4.69, 9.17) is 18.0 Å². The maximum atomic E-state index is 5.49. The lowest BCUT2D eigenvalue weighted by Crippen LogP contribution is -2.27. The minimum Gasteiger partial charge on any atom is -0.393 e. The van der Waals surface area contributed by atoms with E-state index in [-0.39, 0.29) is 0 Å². The summed E-state index contributed by atoms with van der Waals surface area (Å²) in [5.74, 6) is 0. The highest BCUT2D eigenvalue weighted by Crippen LogP contribution is 2.24. The van der Waals surface area contributed by atoms with Gasteiger partial charge < -0.3 is 10.6 Å². The van der Waals surface area contributed by atoms with Crippen molar-refractivity contribution in [2.75, 3.05) is 18.0 Å². The third-order valence-corrected chi connectivity index (χ3v) is 2.92. The molecule has 0 spiro atoms. The summed E-state index contributed by atoms with van der Waals surface area (Å²) in [6, 6.07) is 1.98. The molecule has 3 nitrogen and oxygen atoms in total. The average Bonchev–Trinajstić information content (AvgIpc) is 2.21. The Morgan fingerprint density at radius 2 is 2.40 bits per heavy atom. The van der Waals surface area contributed by atoms with Crippen LogP contribution in [-0.4, -0.2) is 23.1 Å². The van der Waals surface area contributed by atoms with Crippen molar-refractivity contribution in [3.05, 3.63) is 22.9 Å². The molecule has 0 radical (unpaired) electrons. The van der Waals surface area contributed by atoms with Crippen LogP contribution in [0.5, 0.6) is 0 Å². The molecule has 0 atom stereocenters. The van der Waals surface area contributed by atoms with Crippen LogP contribution in [-0.2, 0) is 0 Å². The Labute approximate surface area is 104 Å². The molecule has 0 saturated carbocycles. The Hall–Kier alpha value is -0.680. The quantitative estimate of drug-likeness (QED) is 0.845. The van der Waals surface area contributed by atoms with Gasteiger partial charge in [-0.15, -0.1) is 0 Å². The zero-order valence-electron chi connectivity index (χ0n) is 8.61. The summed E-state index contributed by atoms with van der Waals surface area (Å²) in [4.78, 5) is 6.80. The van der Waals surface area contributed by atoms with Gasteiger partial charge in [-0.1, -0.05) is 12.2 Å². The van der Waals surface area contributed by atoms with E-state index in [1.807, 2.05) is 6.07 Å². The van der Waals surface area contributed by atoms with E-state index in [2.05, 4.69) is 32.7 Å². The lowest BCUT2D eigenvalue weighted by Gasteiger charge is -2.23. The molecule has 0 saturated heterocycles. The van der Waals surface area contributed by atoms with Gasteiger partial charge in [-0.3, -0.25) is 4.98 Å². The third kappa shape index (κ3) is 3.76. The molecule has 1 aromatic rings. The Morgan fingerprint density at radius 1 is 1.67 bits per heavy atom. The molecule has 5 heteroatoms. The predicted octanol–water partition coefficient (Wildman–Crippen LogP) is 2.35. The normalized spacial score (nSPS) is 10.0. The molecule has 0 amide bonds. The van der Waals surface area contributed by atoms with E-state index in [1.54, 1.807) is 12.4 Å². The summed E-state index contributed by atoms with van der Waals surface area (Å²) in [5, 5.41) is 0. The zero-order valence-corrected chi connectivity index (χ0v) is 11.0. The largest absolute Gasteiger partial charge is 0.393 e. The van der Waals surface area contributed by atoms with E-state index >= 15 is 0 Å². The highest BCUT2D eigenvalue weighted by molar-refractivity contribution is 9.10. The maximum Gasteiger partial charge on any atom is 0.0745 e. The number of rotatable bonds is 5. The number of hydrogen-bond acceptors (Lipinski definition) is 3. The molecule has 0 aromatic carbocycles. The summed E-state index contributed by atoms with van der Waals surface area (Å²) in [6.07, 6.45) is 4.31. The molecule has 0 bridgehead atoms. The number of halogens is 1. The van der Waals surface area contributed by atoms with Crippen LogP contribution < -0.4 is 10.6 Å². The molecule has 0 aliphatic carbocycles. The van der Waals surface area contributed by atoms with Crippen molar-refractivity contribution in [2.24, 2.45) is 5.73 Å². The molecule has 82 valence electrons. The number of nitrogens with zero attached hydrogens (tertiary/aromatic N) is 2. The molecule has 15 heavy (non-hydrogen) atoms. The SMILES string of the molecule is CCN(CCC(N)=S)c1ccncc1Br. The van der Waals surface area contributed by atoms with Crippen LogP contribution in [0, 0.1) is 0 Å². The Balaban J connectivity index is 2.74. The van der Waals surface area contributed by atoms with Gasteiger partial charge >= 0.3 is 0 Å². The molecule has 1 rings (SSSR count). The zero-order chi connectivity index (χ0) is 11.3.